The second-order valence-corrected chi connectivity index (χ2v) is 4.99. The summed E-state index contributed by atoms with van der Waals surface area (Å²) in [5.74, 6) is -0.273. The van der Waals surface area contributed by atoms with Crippen LogP contribution in [0.1, 0.15) is 22.8 Å². The molecule has 2 aromatic carbocycles. The molecule has 0 unspecified atom stereocenters. The van der Waals surface area contributed by atoms with Gasteiger partial charge < -0.3 is 14.6 Å². The van der Waals surface area contributed by atoms with E-state index in [4.69, 9.17) is 9.47 Å². The average molecular weight is 298 g/mol. The van der Waals surface area contributed by atoms with Crippen molar-refractivity contribution in [3.8, 4) is 11.5 Å². The Bertz CT molecular complexity index is 662. The number of aromatic hydroxyl groups is 1. The number of rotatable bonds is 6. The number of phenolic OH excluding ortho intramolecular Hbond substituents is 1. The fraction of sp³-hybridized carbons (Fsp3) is 0.167. The number of carbonyl (C=O) groups is 1. The summed E-state index contributed by atoms with van der Waals surface area (Å²) in [4.78, 5) is 12.0. The van der Waals surface area contributed by atoms with Crippen molar-refractivity contribution in [1.29, 1.82) is 0 Å². The molecule has 0 aliphatic rings. The third-order valence-corrected chi connectivity index (χ3v) is 2.89. The maximum Gasteiger partial charge on any atom is 0.342 e. The Labute approximate surface area is 129 Å². The Morgan fingerprint density at radius 2 is 1.91 bits per heavy atom. The SMILES string of the molecule is C=C(C)COc1ccc(C(=O)OCc2ccccc2)c(O)c1. The first-order chi connectivity index (χ1) is 10.6. The number of hydrogen-bond acceptors (Lipinski definition) is 4. The molecule has 1 N–H and O–H groups in total. The van der Waals surface area contributed by atoms with Gasteiger partial charge in [-0.05, 0) is 30.2 Å². The van der Waals surface area contributed by atoms with Gasteiger partial charge in [0.2, 0.25) is 0 Å². The largest absolute Gasteiger partial charge is 0.507 e. The van der Waals surface area contributed by atoms with Crippen molar-refractivity contribution in [3.05, 3.63) is 71.8 Å². The molecule has 0 atom stereocenters. The molecule has 0 fully saturated rings. The number of ether oxygens (including phenoxy) is 2. The standard InChI is InChI=1S/C18H18O4/c1-13(2)11-21-15-8-9-16(17(19)10-15)18(20)22-12-14-6-4-3-5-7-14/h3-10,19H,1,11-12H2,2H3. The molecule has 0 heterocycles. The van der Waals surface area contributed by atoms with E-state index in [2.05, 4.69) is 6.58 Å². The molecule has 114 valence electrons. The summed E-state index contributed by atoms with van der Waals surface area (Å²) >= 11 is 0. The van der Waals surface area contributed by atoms with Crippen LogP contribution < -0.4 is 4.74 Å². The van der Waals surface area contributed by atoms with E-state index >= 15 is 0 Å². The van der Waals surface area contributed by atoms with Crippen molar-refractivity contribution < 1.29 is 19.4 Å². The highest BCUT2D eigenvalue weighted by Crippen LogP contribution is 2.24. The van der Waals surface area contributed by atoms with Crippen LogP contribution >= 0.6 is 0 Å². The van der Waals surface area contributed by atoms with E-state index in [1.165, 1.54) is 12.1 Å². The molecule has 0 amide bonds. The monoisotopic (exact) mass is 298 g/mol. The van der Waals surface area contributed by atoms with Crippen LogP contribution in [-0.2, 0) is 11.3 Å². The molecule has 22 heavy (non-hydrogen) atoms. The highest BCUT2D eigenvalue weighted by molar-refractivity contribution is 5.92. The molecule has 4 nitrogen and oxygen atoms in total. The fourth-order valence-electron chi connectivity index (χ4n) is 1.78. The fourth-order valence-corrected chi connectivity index (χ4v) is 1.78. The first-order valence-electron chi connectivity index (χ1n) is 6.87. The maximum atomic E-state index is 12.0. The lowest BCUT2D eigenvalue weighted by Gasteiger charge is -2.09. The number of benzene rings is 2. The zero-order valence-corrected chi connectivity index (χ0v) is 12.4. The smallest absolute Gasteiger partial charge is 0.342 e. The number of hydrogen-bond donors (Lipinski definition) is 1. The number of carbonyl (C=O) groups excluding carboxylic acids is 1. The van der Waals surface area contributed by atoms with Crippen LogP contribution in [0.5, 0.6) is 11.5 Å². The molecular formula is C18H18O4. The van der Waals surface area contributed by atoms with Gasteiger partial charge in [0.1, 0.15) is 30.3 Å². The van der Waals surface area contributed by atoms with Crippen LogP contribution in [0.2, 0.25) is 0 Å². The minimum atomic E-state index is -0.576. The Kier molecular flexibility index (Phi) is 5.20. The van der Waals surface area contributed by atoms with Gasteiger partial charge >= 0.3 is 5.97 Å². The van der Waals surface area contributed by atoms with Crippen molar-refractivity contribution in [3.63, 3.8) is 0 Å². The van der Waals surface area contributed by atoms with Gasteiger partial charge in [-0.15, -0.1) is 0 Å². The van der Waals surface area contributed by atoms with E-state index in [-0.39, 0.29) is 17.9 Å². The van der Waals surface area contributed by atoms with Crippen molar-refractivity contribution in [2.75, 3.05) is 6.61 Å². The van der Waals surface area contributed by atoms with Gasteiger partial charge in [0.05, 0.1) is 0 Å². The summed E-state index contributed by atoms with van der Waals surface area (Å²) < 4.78 is 10.6. The molecule has 0 bridgehead atoms. The van der Waals surface area contributed by atoms with E-state index in [9.17, 15) is 9.90 Å². The van der Waals surface area contributed by atoms with E-state index in [1.54, 1.807) is 6.07 Å². The average Bonchev–Trinajstić information content (AvgIpc) is 2.51. The summed E-state index contributed by atoms with van der Waals surface area (Å²) in [6, 6.07) is 13.8. The molecule has 0 saturated heterocycles. The van der Waals surface area contributed by atoms with Crippen LogP contribution in [-0.4, -0.2) is 17.7 Å². The first-order valence-corrected chi connectivity index (χ1v) is 6.87. The highest BCUT2D eigenvalue weighted by Gasteiger charge is 2.13. The first kappa shape index (κ1) is 15.6. The maximum absolute atomic E-state index is 12.0. The van der Waals surface area contributed by atoms with Crippen LogP contribution in [0.15, 0.2) is 60.7 Å². The van der Waals surface area contributed by atoms with Gasteiger partial charge in [-0.3, -0.25) is 0 Å². The summed E-state index contributed by atoms with van der Waals surface area (Å²) in [7, 11) is 0. The molecule has 2 aromatic rings. The van der Waals surface area contributed by atoms with Crippen molar-refractivity contribution in [2.45, 2.75) is 13.5 Å². The lowest BCUT2D eigenvalue weighted by Crippen LogP contribution is -2.06. The Morgan fingerprint density at radius 3 is 2.55 bits per heavy atom. The lowest BCUT2D eigenvalue weighted by molar-refractivity contribution is 0.0469. The molecular weight excluding hydrogens is 280 g/mol. The molecule has 0 aromatic heterocycles. The molecule has 2 rings (SSSR count). The van der Waals surface area contributed by atoms with Crippen LogP contribution in [0, 0.1) is 0 Å². The molecule has 0 aliphatic carbocycles. The van der Waals surface area contributed by atoms with E-state index in [0.29, 0.717) is 12.4 Å². The zero-order chi connectivity index (χ0) is 15.9. The molecule has 0 aliphatic heterocycles. The summed E-state index contributed by atoms with van der Waals surface area (Å²) in [5.41, 5.74) is 1.86. The lowest BCUT2D eigenvalue weighted by atomic mass is 10.2. The van der Waals surface area contributed by atoms with Gasteiger partial charge in [0, 0.05) is 6.07 Å². The topological polar surface area (TPSA) is 55.8 Å². The minimum Gasteiger partial charge on any atom is -0.507 e. The molecule has 4 heteroatoms. The predicted molar refractivity (Wildman–Crippen MR) is 84.0 cm³/mol. The zero-order valence-electron chi connectivity index (χ0n) is 12.4. The Balaban J connectivity index is 1.99. The van der Waals surface area contributed by atoms with Crippen LogP contribution in [0.4, 0.5) is 0 Å². The Hall–Kier alpha value is -2.75. The van der Waals surface area contributed by atoms with Gasteiger partial charge in [-0.25, -0.2) is 4.79 Å². The third-order valence-electron chi connectivity index (χ3n) is 2.89. The van der Waals surface area contributed by atoms with Crippen molar-refractivity contribution in [2.24, 2.45) is 0 Å². The minimum absolute atomic E-state index is 0.110. The van der Waals surface area contributed by atoms with Gasteiger partial charge in [-0.2, -0.15) is 0 Å². The molecule has 0 radical (unpaired) electrons. The van der Waals surface area contributed by atoms with E-state index in [1.807, 2.05) is 37.3 Å². The quantitative estimate of drug-likeness (QED) is 0.652. The highest BCUT2D eigenvalue weighted by atomic mass is 16.5. The van der Waals surface area contributed by atoms with E-state index < -0.39 is 5.97 Å². The van der Waals surface area contributed by atoms with Gasteiger partial charge in [0.25, 0.3) is 0 Å². The number of phenols is 1. The van der Waals surface area contributed by atoms with Gasteiger partial charge in [-0.1, -0.05) is 36.9 Å². The summed E-state index contributed by atoms with van der Waals surface area (Å²) in [6.45, 7) is 6.09. The van der Waals surface area contributed by atoms with Gasteiger partial charge in [0.15, 0.2) is 0 Å². The second-order valence-electron chi connectivity index (χ2n) is 4.99. The summed E-state index contributed by atoms with van der Waals surface area (Å²) in [6.07, 6.45) is 0. The molecule has 0 saturated carbocycles. The normalized spacial score (nSPS) is 10.0. The number of esters is 1. The third kappa shape index (κ3) is 4.38. The molecule has 0 spiro atoms. The second kappa shape index (κ2) is 7.31. The van der Waals surface area contributed by atoms with Crippen molar-refractivity contribution >= 4 is 5.97 Å². The Morgan fingerprint density at radius 1 is 1.18 bits per heavy atom. The van der Waals surface area contributed by atoms with Crippen LogP contribution in [0.3, 0.4) is 0 Å². The predicted octanol–water partition coefficient (Wildman–Crippen LogP) is 3.70. The van der Waals surface area contributed by atoms with Crippen molar-refractivity contribution in [1.82, 2.24) is 0 Å². The summed E-state index contributed by atoms with van der Waals surface area (Å²) in [5, 5.41) is 9.92. The van der Waals surface area contributed by atoms with Crippen LogP contribution in [0.25, 0.3) is 0 Å². The van der Waals surface area contributed by atoms with E-state index in [0.717, 1.165) is 11.1 Å².